The number of amides is 1. The SMILES string of the molecule is NC(=O)c1[nH]c2ccc(Cl)cc2c1S(=O)(=O)NCC1COc2ccccc2O1. The molecule has 2 aromatic carbocycles. The summed E-state index contributed by atoms with van der Waals surface area (Å²) in [6, 6.07) is 11.7. The van der Waals surface area contributed by atoms with Crippen molar-refractivity contribution in [2.45, 2.75) is 11.0 Å². The second kappa shape index (κ2) is 7.01. The number of para-hydroxylation sites is 2. The molecular formula is C18H16ClN3O5S. The van der Waals surface area contributed by atoms with Gasteiger partial charge >= 0.3 is 0 Å². The summed E-state index contributed by atoms with van der Waals surface area (Å²) in [5.41, 5.74) is 5.59. The molecule has 10 heteroatoms. The van der Waals surface area contributed by atoms with E-state index < -0.39 is 22.0 Å². The lowest BCUT2D eigenvalue weighted by Crippen LogP contribution is -2.41. The van der Waals surface area contributed by atoms with Crippen LogP contribution in [0.15, 0.2) is 47.4 Å². The van der Waals surface area contributed by atoms with E-state index in [1.165, 1.54) is 6.07 Å². The van der Waals surface area contributed by atoms with Gasteiger partial charge in [0.15, 0.2) is 11.5 Å². The van der Waals surface area contributed by atoms with Crippen molar-refractivity contribution in [1.29, 1.82) is 0 Å². The Bertz CT molecular complexity index is 1180. The van der Waals surface area contributed by atoms with Gasteiger partial charge in [-0.05, 0) is 30.3 Å². The van der Waals surface area contributed by atoms with Crippen LogP contribution < -0.4 is 19.9 Å². The number of nitrogens with two attached hydrogens (primary N) is 1. The highest BCUT2D eigenvalue weighted by Gasteiger charge is 2.29. The van der Waals surface area contributed by atoms with E-state index in [-0.39, 0.29) is 29.1 Å². The number of hydrogen-bond donors (Lipinski definition) is 3. The van der Waals surface area contributed by atoms with Gasteiger partial charge in [0.1, 0.15) is 23.3 Å². The number of H-pyrrole nitrogens is 1. The predicted molar refractivity (Wildman–Crippen MR) is 103 cm³/mol. The van der Waals surface area contributed by atoms with Gasteiger partial charge in [-0.1, -0.05) is 23.7 Å². The maximum atomic E-state index is 13.0. The Kier molecular flexibility index (Phi) is 4.66. The maximum Gasteiger partial charge on any atom is 0.266 e. The van der Waals surface area contributed by atoms with Crippen LogP contribution in [0, 0.1) is 0 Å². The van der Waals surface area contributed by atoms with Gasteiger partial charge in [-0.15, -0.1) is 0 Å². The number of fused-ring (bicyclic) bond motifs is 2. The van der Waals surface area contributed by atoms with Crippen LogP contribution in [0.2, 0.25) is 5.02 Å². The van der Waals surface area contributed by atoms with Gasteiger partial charge in [0, 0.05) is 15.9 Å². The average Bonchev–Trinajstić information content (AvgIpc) is 3.06. The number of nitrogens with one attached hydrogen (secondary N) is 2. The number of rotatable bonds is 5. The monoisotopic (exact) mass is 421 g/mol. The van der Waals surface area contributed by atoms with Gasteiger partial charge in [0.05, 0.1) is 6.54 Å². The molecule has 4 N–H and O–H groups in total. The number of carbonyl (C=O) groups is 1. The summed E-state index contributed by atoms with van der Waals surface area (Å²) in [5, 5.41) is 0.611. The molecule has 1 atom stereocenters. The summed E-state index contributed by atoms with van der Waals surface area (Å²) in [5.74, 6) is 0.248. The fourth-order valence-electron chi connectivity index (χ4n) is 3.03. The molecule has 1 amide bonds. The number of aromatic amines is 1. The van der Waals surface area contributed by atoms with Crippen molar-refractivity contribution in [2.75, 3.05) is 13.2 Å². The van der Waals surface area contributed by atoms with Crippen LogP contribution in [0.25, 0.3) is 10.9 Å². The van der Waals surface area contributed by atoms with Gasteiger partial charge in [0.25, 0.3) is 5.91 Å². The van der Waals surface area contributed by atoms with E-state index in [1.54, 1.807) is 30.3 Å². The third kappa shape index (κ3) is 3.39. The number of hydrogen-bond acceptors (Lipinski definition) is 5. The molecule has 8 nitrogen and oxygen atoms in total. The highest BCUT2D eigenvalue weighted by Crippen LogP contribution is 2.32. The number of carbonyl (C=O) groups excluding carboxylic acids is 1. The molecule has 2 heterocycles. The molecule has 146 valence electrons. The molecular weight excluding hydrogens is 406 g/mol. The second-order valence-electron chi connectivity index (χ2n) is 6.23. The van der Waals surface area contributed by atoms with E-state index >= 15 is 0 Å². The number of ether oxygens (including phenoxy) is 2. The first-order valence-corrected chi connectivity index (χ1v) is 10.2. The summed E-state index contributed by atoms with van der Waals surface area (Å²) in [4.78, 5) is 14.3. The Morgan fingerprint density at radius 1 is 1.25 bits per heavy atom. The molecule has 0 saturated carbocycles. The van der Waals surface area contributed by atoms with Crippen molar-refractivity contribution in [2.24, 2.45) is 5.73 Å². The second-order valence-corrected chi connectivity index (χ2v) is 8.37. The van der Waals surface area contributed by atoms with Gasteiger partial charge < -0.3 is 20.2 Å². The van der Waals surface area contributed by atoms with Crippen molar-refractivity contribution in [3.63, 3.8) is 0 Å². The van der Waals surface area contributed by atoms with E-state index in [0.717, 1.165) is 0 Å². The standard InChI is InChI=1S/C18H16ClN3O5S/c19-10-5-6-13-12(7-10)17(16(22-13)18(20)23)28(24,25)21-8-11-9-26-14-3-1-2-4-15(14)27-11/h1-7,11,21-22H,8-9H2,(H2,20,23). The minimum absolute atomic E-state index is 0.0535. The van der Waals surface area contributed by atoms with Crippen molar-refractivity contribution in [3.05, 3.63) is 53.2 Å². The molecule has 0 aliphatic carbocycles. The molecule has 0 spiro atoms. The Hall–Kier alpha value is -2.75. The van der Waals surface area contributed by atoms with Crippen LogP contribution in [-0.4, -0.2) is 38.6 Å². The highest BCUT2D eigenvalue weighted by atomic mass is 35.5. The number of halogens is 1. The van der Waals surface area contributed by atoms with Crippen molar-refractivity contribution in [1.82, 2.24) is 9.71 Å². The normalized spacial score (nSPS) is 16.2. The third-order valence-electron chi connectivity index (χ3n) is 4.30. The van der Waals surface area contributed by atoms with E-state index in [2.05, 4.69) is 9.71 Å². The summed E-state index contributed by atoms with van der Waals surface area (Å²) >= 11 is 5.99. The highest BCUT2D eigenvalue weighted by molar-refractivity contribution is 7.89. The Morgan fingerprint density at radius 3 is 2.75 bits per heavy atom. The van der Waals surface area contributed by atoms with Crippen LogP contribution in [0.1, 0.15) is 10.5 Å². The minimum atomic E-state index is -4.09. The van der Waals surface area contributed by atoms with Crippen LogP contribution in [0.4, 0.5) is 0 Å². The Labute approximate surface area is 165 Å². The van der Waals surface area contributed by atoms with Crippen LogP contribution in [0.3, 0.4) is 0 Å². The molecule has 0 saturated heterocycles. The molecule has 0 radical (unpaired) electrons. The summed E-state index contributed by atoms with van der Waals surface area (Å²) in [7, 11) is -4.09. The number of sulfonamides is 1. The molecule has 4 rings (SSSR count). The molecule has 3 aromatic rings. The van der Waals surface area contributed by atoms with Gasteiger partial charge in [0.2, 0.25) is 10.0 Å². The van der Waals surface area contributed by atoms with Crippen LogP contribution in [0.5, 0.6) is 11.5 Å². The molecule has 0 bridgehead atoms. The average molecular weight is 422 g/mol. The van der Waals surface area contributed by atoms with E-state index in [9.17, 15) is 13.2 Å². The zero-order valence-electron chi connectivity index (χ0n) is 14.4. The van der Waals surface area contributed by atoms with Gasteiger partial charge in [-0.25, -0.2) is 13.1 Å². The lowest BCUT2D eigenvalue weighted by atomic mass is 10.2. The zero-order valence-corrected chi connectivity index (χ0v) is 16.0. The quantitative estimate of drug-likeness (QED) is 0.581. The fraction of sp³-hybridized carbons (Fsp3) is 0.167. The van der Waals surface area contributed by atoms with Crippen molar-refractivity contribution < 1.29 is 22.7 Å². The number of benzene rings is 2. The van der Waals surface area contributed by atoms with E-state index in [0.29, 0.717) is 22.0 Å². The summed E-state index contributed by atoms with van der Waals surface area (Å²) in [6.07, 6.45) is -0.532. The van der Waals surface area contributed by atoms with E-state index in [4.69, 9.17) is 26.8 Å². The summed E-state index contributed by atoms with van der Waals surface area (Å²) in [6.45, 7) is 0.129. The minimum Gasteiger partial charge on any atom is -0.486 e. The van der Waals surface area contributed by atoms with Crippen molar-refractivity contribution >= 4 is 38.4 Å². The molecule has 1 unspecified atom stereocenters. The van der Waals surface area contributed by atoms with Crippen LogP contribution in [-0.2, 0) is 10.0 Å². The van der Waals surface area contributed by atoms with Gasteiger partial charge in [-0.2, -0.15) is 0 Å². The first kappa shape index (κ1) is 18.6. The number of primary amides is 1. The first-order chi connectivity index (χ1) is 13.3. The molecule has 1 aromatic heterocycles. The molecule has 0 fully saturated rings. The topological polar surface area (TPSA) is 124 Å². The molecule has 1 aliphatic rings. The maximum absolute atomic E-state index is 13.0. The number of aromatic nitrogens is 1. The zero-order chi connectivity index (χ0) is 19.9. The van der Waals surface area contributed by atoms with Crippen molar-refractivity contribution in [3.8, 4) is 11.5 Å². The lowest BCUT2D eigenvalue weighted by Gasteiger charge is -2.26. The fourth-order valence-corrected chi connectivity index (χ4v) is 4.63. The Morgan fingerprint density at radius 2 is 2.00 bits per heavy atom. The predicted octanol–water partition coefficient (Wildman–Crippen LogP) is 2.04. The van der Waals surface area contributed by atoms with E-state index in [1.807, 2.05) is 6.07 Å². The third-order valence-corrected chi connectivity index (χ3v) is 6.04. The van der Waals surface area contributed by atoms with Gasteiger partial charge in [-0.3, -0.25) is 4.79 Å². The summed E-state index contributed by atoms with van der Waals surface area (Å²) < 4.78 is 39.7. The first-order valence-electron chi connectivity index (χ1n) is 8.34. The largest absolute Gasteiger partial charge is 0.486 e. The van der Waals surface area contributed by atoms with Crippen LogP contribution >= 0.6 is 11.6 Å². The smallest absolute Gasteiger partial charge is 0.266 e. The lowest BCUT2D eigenvalue weighted by molar-refractivity contribution is 0.0943. The molecule has 1 aliphatic heterocycles. The molecule has 28 heavy (non-hydrogen) atoms. The Balaban J connectivity index is 1.62.